The maximum Gasteiger partial charge on any atom is 0.229 e. The number of hydrogen-bond donors (Lipinski definition) is 0. The monoisotopic (exact) mass is 286 g/mol. The van der Waals surface area contributed by atoms with Crippen molar-refractivity contribution in [3.05, 3.63) is 36.5 Å². The molecule has 2 aliphatic rings. The van der Waals surface area contributed by atoms with E-state index in [2.05, 4.69) is 10.00 Å². The summed E-state index contributed by atoms with van der Waals surface area (Å²) in [6.45, 7) is 1.78. The molecule has 6 nitrogen and oxygen atoms in total. The molecule has 0 saturated carbocycles. The number of carbonyl (C=O) groups excluding carboxylic acids is 1. The number of carbonyl (C=O) groups is 1. The van der Waals surface area contributed by atoms with Gasteiger partial charge in [-0.25, -0.2) is 0 Å². The van der Waals surface area contributed by atoms with Crippen LogP contribution < -0.4 is 4.90 Å². The van der Waals surface area contributed by atoms with Gasteiger partial charge in [-0.05, 0) is 18.6 Å². The second-order valence-corrected chi connectivity index (χ2v) is 5.81. The molecule has 2 saturated heterocycles. The molecule has 2 aromatic rings. The molecule has 2 fully saturated rings. The van der Waals surface area contributed by atoms with Gasteiger partial charge >= 0.3 is 0 Å². The van der Waals surface area contributed by atoms with Crippen molar-refractivity contribution in [2.75, 3.05) is 11.4 Å². The Morgan fingerprint density at radius 2 is 2.33 bits per heavy atom. The van der Waals surface area contributed by atoms with Crippen LogP contribution in [0.3, 0.4) is 0 Å². The van der Waals surface area contributed by atoms with Crippen molar-refractivity contribution in [2.24, 2.45) is 7.05 Å². The molecule has 2 aromatic heterocycles. The summed E-state index contributed by atoms with van der Waals surface area (Å²) in [6, 6.07) is 4.44. The average molecular weight is 286 g/mol. The summed E-state index contributed by atoms with van der Waals surface area (Å²) in [6.07, 6.45) is 6.97. The maximum absolute atomic E-state index is 12.4. The number of aromatic nitrogens is 2. The summed E-state index contributed by atoms with van der Waals surface area (Å²) in [5.41, 5.74) is 0.912. The van der Waals surface area contributed by atoms with Gasteiger partial charge in [0.25, 0.3) is 0 Å². The second kappa shape index (κ2) is 4.73. The number of fused-ring (bicyclic) bond motifs is 1. The molecule has 0 bridgehead atoms. The van der Waals surface area contributed by atoms with E-state index in [1.54, 1.807) is 17.1 Å². The zero-order valence-corrected chi connectivity index (χ0v) is 12.0. The Morgan fingerprint density at radius 3 is 3.05 bits per heavy atom. The SMILES string of the molecule is Cn1cc(N2C(=O)C[C@@H]3[C@@H]2CCN3Cc2ccco2)cn1. The molecule has 1 amide bonds. The quantitative estimate of drug-likeness (QED) is 0.855. The normalized spacial score (nSPS) is 25.8. The zero-order valence-electron chi connectivity index (χ0n) is 12.0. The molecule has 0 spiro atoms. The van der Waals surface area contributed by atoms with E-state index in [4.69, 9.17) is 4.42 Å². The summed E-state index contributed by atoms with van der Waals surface area (Å²) in [4.78, 5) is 16.7. The van der Waals surface area contributed by atoms with Crippen molar-refractivity contribution in [3.63, 3.8) is 0 Å². The van der Waals surface area contributed by atoms with Crippen LogP contribution in [-0.4, -0.2) is 39.2 Å². The molecule has 0 aliphatic carbocycles. The van der Waals surface area contributed by atoms with Crippen LogP contribution in [0.25, 0.3) is 0 Å². The van der Waals surface area contributed by atoms with Crippen LogP contribution in [0.5, 0.6) is 0 Å². The molecule has 0 N–H and O–H groups in total. The number of likely N-dealkylation sites (tertiary alicyclic amines) is 1. The van der Waals surface area contributed by atoms with Gasteiger partial charge in [0.05, 0.1) is 30.7 Å². The van der Waals surface area contributed by atoms with Crippen LogP contribution >= 0.6 is 0 Å². The summed E-state index contributed by atoms with van der Waals surface area (Å²) >= 11 is 0. The molecule has 0 radical (unpaired) electrons. The zero-order chi connectivity index (χ0) is 14.4. The topological polar surface area (TPSA) is 54.5 Å². The van der Waals surface area contributed by atoms with Gasteiger partial charge in [0.1, 0.15) is 5.76 Å². The highest BCUT2D eigenvalue weighted by Crippen LogP contribution is 2.36. The molecule has 6 heteroatoms. The van der Waals surface area contributed by atoms with Gasteiger partial charge in [0.2, 0.25) is 5.91 Å². The highest BCUT2D eigenvalue weighted by molar-refractivity contribution is 5.97. The lowest BCUT2D eigenvalue weighted by Gasteiger charge is -2.23. The number of furan rings is 1. The van der Waals surface area contributed by atoms with E-state index in [-0.39, 0.29) is 18.0 Å². The minimum atomic E-state index is 0.196. The Balaban J connectivity index is 1.55. The van der Waals surface area contributed by atoms with Crippen molar-refractivity contribution >= 4 is 11.6 Å². The first-order valence-corrected chi connectivity index (χ1v) is 7.29. The molecule has 4 heterocycles. The second-order valence-electron chi connectivity index (χ2n) is 5.81. The Kier molecular flexibility index (Phi) is 2.85. The molecule has 21 heavy (non-hydrogen) atoms. The Labute approximate surface area is 122 Å². The smallest absolute Gasteiger partial charge is 0.229 e. The van der Waals surface area contributed by atoms with Gasteiger partial charge in [0.15, 0.2) is 0 Å². The summed E-state index contributed by atoms with van der Waals surface area (Å²) < 4.78 is 7.17. The number of anilines is 1. The largest absolute Gasteiger partial charge is 0.468 e. The van der Waals surface area contributed by atoms with Crippen LogP contribution in [0.1, 0.15) is 18.6 Å². The van der Waals surface area contributed by atoms with Crippen molar-refractivity contribution < 1.29 is 9.21 Å². The standard InChI is InChI=1S/C15H18N4O2/c1-17-9-11(8-16-17)19-13-4-5-18(14(13)7-15(19)20)10-12-3-2-6-21-12/h2-3,6,8-9,13-14H,4-5,7,10H2,1H3/t13-,14+/m0/s1. The first-order valence-electron chi connectivity index (χ1n) is 7.29. The Bertz CT molecular complexity index is 648. The molecule has 2 aliphatic heterocycles. The number of amides is 1. The highest BCUT2D eigenvalue weighted by Gasteiger charge is 2.47. The van der Waals surface area contributed by atoms with Gasteiger partial charge in [0, 0.05) is 32.3 Å². The fraction of sp³-hybridized carbons (Fsp3) is 0.467. The minimum Gasteiger partial charge on any atom is -0.468 e. The lowest BCUT2D eigenvalue weighted by molar-refractivity contribution is -0.117. The fourth-order valence-corrected chi connectivity index (χ4v) is 3.60. The number of nitrogens with zero attached hydrogens (tertiary/aromatic N) is 4. The van der Waals surface area contributed by atoms with E-state index in [9.17, 15) is 4.79 Å². The number of aryl methyl sites for hydroxylation is 1. The summed E-state index contributed by atoms with van der Waals surface area (Å²) in [7, 11) is 1.87. The van der Waals surface area contributed by atoms with E-state index in [1.165, 1.54) is 0 Å². The molecule has 2 atom stereocenters. The third-order valence-electron chi connectivity index (χ3n) is 4.52. The predicted molar refractivity (Wildman–Crippen MR) is 76.6 cm³/mol. The van der Waals surface area contributed by atoms with Crippen LogP contribution in [0.2, 0.25) is 0 Å². The molecular formula is C15H18N4O2. The van der Waals surface area contributed by atoms with Gasteiger partial charge < -0.3 is 9.32 Å². The first kappa shape index (κ1) is 12.6. The van der Waals surface area contributed by atoms with Crippen LogP contribution in [0.15, 0.2) is 35.2 Å². The van der Waals surface area contributed by atoms with Crippen molar-refractivity contribution in [3.8, 4) is 0 Å². The molecule has 110 valence electrons. The van der Waals surface area contributed by atoms with E-state index in [0.29, 0.717) is 6.42 Å². The van der Waals surface area contributed by atoms with E-state index < -0.39 is 0 Å². The van der Waals surface area contributed by atoms with Crippen molar-refractivity contribution in [2.45, 2.75) is 31.5 Å². The van der Waals surface area contributed by atoms with E-state index >= 15 is 0 Å². The first-order chi connectivity index (χ1) is 10.2. The maximum atomic E-state index is 12.4. The minimum absolute atomic E-state index is 0.196. The van der Waals surface area contributed by atoms with Gasteiger partial charge in [-0.1, -0.05) is 0 Å². The van der Waals surface area contributed by atoms with E-state index in [1.807, 2.05) is 30.3 Å². The summed E-state index contributed by atoms with van der Waals surface area (Å²) in [5, 5.41) is 4.18. The van der Waals surface area contributed by atoms with Gasteiger partial charge in [-0.15, -0.1) is 0 Å². The summed E-state index contributed by atoms with van der Waals surface area (Å²) in [5.74, 6) is 1.16. The van der Waals surface area contributed by atoms with E-state index in [0.717, 1.165) is 31.0 Å². The van der Waals surface area contributed by atoms with Crippen LogP contribution in [-0.2, 0) is 18.4 Å². The number of rotatable bonds is 3. The van der Waals surface area contributed by atoms with Crippen LogP contribution in [0, 0.1) is 0 Å². The van der Waals surface area contributed by atoms with Gasteiger partial charge in [-0.2, -0.15) is 5.10 Å². The fourth-order valence-electron chi connectivity index (χ4n) is 3.60. The molecule has 0 unspecified atom stereocenters. The van der Waals surface area contributed by atoms with Crippen molar-refractivity contribution in [1.29, 1.82) is 0 Å². The Morgan fingerprint density at radius 1 is 1.43 bits per heavy atom. The third-order valence-corrected chi connectivity index (χ3v) is 4.52. The third kappa shape index (κ3) is 2.06. The van der Waals surface area contributed by atoms with Crippen molar-refractivity contribution in [1.82, 2.24) is 14.7 Å². The van der Waals surface area contributed by atoms with Gasteiger partial charge in [-0.3, -0.25) is 14.4 Å². The molecular weight excluding hydrogens is 268 g/mol. The lowest BCUT2D eigenvalue weighted by Crippen LogP contribution is -2.37. The molecule has 4 rings (SSSR count). The molecule has 0 aromatic carbocycles. The lowest BCUT2D eigenvalue weighted by atomic mass is 10.1. The highest BCUT2D eigenvalue weighted by atomic mass is 16.3. The predicted octanol–water partition coefficient (Wildman–Crippen LogP) is 1.39. The Hall–Kier alpha value is -2.08. The van der Waals surface area contributed by atoms with Crippen LogP contribution in [0.4, 0.5) is 5.69 Å². The number of hydrogen-bond acceptors (Lipinski definition) is 4. The average Bonchev–Trinajstić information content (AvgIpc) is 3.18.